The minimum atomic E-state index is 0.447. The largest absolute Gasteiger partial charge is 0.409 e. The molecule has 0 atom stereocenters. The van der Waals surface area contributed by atoms with Gasteiger partial charge in [0.1, 0.15) is 0 Å². The van der Waals surface area contributed by atoms with E-state index in [0.29, 0.717) is 17.4 Å². The molecule has 0 spiro atoms. The molecule has 0 unspecified atom stereocenters. The summed E-state index contributed by atoms with van der Waals surface area (Å²) >= 11 is 5.32. The molecule has 0 aliphatic heterocycles. The van der Waals surface area contributed by atoms with Gasteiger partial charge in [-0.3, -0.25) is 4.90 Å². The zero-order valence-electron chi connectivity index (χ0n) is 12.6. The van der Waals surface area contributed by atoms with Crippen LogP contribution in [0.3, 0.4) is 0 Å². The van der Waals surface area contributed by atoms with Gasteiger partial charge in [0.15, 0.2) is 0 Å². The van der Waals surface area contributed by atoms with E-state index in [2.05, 4.69) is 29.9 Å². The molecule has 1 aliphatic rings. The minimum Gasteiger partial charge on any atom is -0.409 e. The van der Waals surface area contributed by atoms with Crippen LogP contribution in [0.5, 0.6) is 0 Å². The van der Waals surface area contributed by atoms with Crippen LogP contribution in [0.2, 0.25) is 0 Å². The highest BCUT2D eigenvalue weighted by Gasteiger charge is 2.24. The SMILES string of the molecule is CCN(CC1CC1)Cn1nc(-c2ccccc2C)oc1=S. The molecule has 1 heterocycles. The van der Waals surface area contributed by atoms with E-state index in [4.69, 9.17) is 16.6 Å². The van der Waals surface area contributed by atoms with E-state index < -0.39 is 0 Å². The number of hydrogen-bond donors (Lipinski definition) is 0. The molecular weight excluding hydrogens is 282 g/mol. The molecule has 4 nitrogen and oxygen atoms in total. The number of hydrogen-bond acceptors (Lipinski definition) is 4. The van der Waals surface area contributed by atoms with Crippen LogP contribution in [0, 0.1) is 17.7 Å². The summed E-state index contributed by atoms with van der Waals surface area (Å²) in [6.07, 6.45) is 2.71. The van der Waals surface area contributed by atoms with Crippen molar-refractivity contribution in [2.24, 2.45) is 5.92 Å². The molecular formula is C16H21N3OS. The van der Waals surface area contributed by atoms with Crippen LogP contribution in [-0.4, -0.2) is 27.8 Å². The zero-order chi connectivity index (χ0) is 14.8. The fraction of sp³-hybridized carbons (Fsp3) is 0.500. The first-order valence-corrected chi connectivity index (χ1v) is 7.94. The van der Waals surface area contributed by atoms with Crippen LogP contribution < -0.4 is 0 Å². The van der Waals surface area contributed by atoms with Gasteiger partial charge in [-0.25, -0.2) is 4.68 Å². The van der Waals surface area contributed by atoms with Gasteiger partial charge >= 0.3 is 0 Å². The second kappa shape index (κ2) is 6.12. The summed E-state index contributed by atoms with van der Waals surface area (Å²) in [6, 6.07) is 8.07. The van der Waals surface area contributed by atoms with E-state index in [9.17, 15) is 0 Å². The predicted octanol–water partition coefficient (Wildman–Crippen LogP) is 3.87. The highest BCUT2D eigenvalue weighted by Crippen LogP contribution is 2.30. The summed E-state index contributed by atoms with van der Waals surface area (Å²) in [5.74, 6) is 1.47. The van der Waals surface area contributed by atoms with Crippen molar-refractivity contribution < 1.29 is 4.42 Å². The fourth-order valence-corrected chi connectivity index (χ4v) is 2.64. The van der Waals surface area contributed by atoms with Gasteiger partial charge in [0.05, 0.1) is 6.67 Å². The van der Waals surface area contributed by atoms with E-state index in [1.54, 1.807) is 4.68 Å². The van der Waals surface area contributed by atoms with Crippen LogP contribution in [0.4, 0.5) is 0 Å². The maximum absolute atomic E-state index is 5.69. The maximum Gasteiger partial charge on any atom is 0.288 e. The van der Waals surface area contributed by atoms with Crippen molar-refractivity contribution >= 4 is 12.2 Å². The molecule has 112 valence electrons. The Labute approximate surface area is 130 Å². The molecule has 1 saturated carbocycles. The molecule has 0 radical (unpaired) electrons. The van der Waals surface area contributed by atoms with Crippen LogP contribution in [0.25, 0.3) is 11.5 Å². The van der Waals surface area contributed by atoms with Crippen LogP contribution >= 0.6 is 12.2 Å². The summed E-state index contributed by atoms with van der Waals surface area (Å²) < 4.78 is 7.48. The van der Waals surface area contributed by atoms with E-state index in [0.717, 1.165) is 30.1 Å². The molecule has 0 bridgehead atoms. The molecule has 2 aromatic rings. The second-order valence-electron chi connectivity index (χ2n) is 5.74. The number of aryl methyl sites for hydroxylation is 1. The number of nitrogens with zero attached hydrogens (tertiary/aromatic N) is 3. The predicted molar refractivity (Wildman–Crippen MR) is 85.5 cm³/mol. The third-order valence-corrected chi connectivity index (χ3v) is 4.27. The minimum absolute atomic E-state index is 0.447. The van der Waals surface area contributed by atoms with E-state index in [1.807, 2.05) is 18.2 Å². The van der Waals surface area contributed by atoms with Crippen molar-refractivity contribution in [3.63, 3.8) is 0 Å². The lowest BCUT2D eigenvalue weighted by atomic mass is 10.1. The standard InChI is InChI=1S/C16H21N3OS/c1-3-18(10-13-8-9-13)11-19-16(21)20-15(17-19)14-7-5-4-6-12(14)2/h4-7,13H,3,8-11H2,1-2H3. The summed E-state index contributed by atoms with van der Waals surface area (Å²) in [7, 11) is 0. The lowest BCUT2D eigenvalue weighted by Crippen LogP contribution is -2.29. The monoisotopic (exact) mass is 303 g/mol. The number of aromatic nitrogens is 2. The third-order valence-electron chi connectivity index (χ3n) is 3.98. The lowest BCUT2D eigenvalue weighted by molar-refractivity contribution is 0.205. The molecule has 5 heteroatoms. The number of benzene rings is 1. The van der Waals surface area contributed by atoms with Gasteiger partial charge in [0.25, 0.3) is 4.84 Å². The van der Waals surface area contributed by atoms with Gasteiger partial charge in [-0.2, -0.15) is 0 Å². The Morgan fingerprint density at radius 1 is 1.38 bits per heavy atom. The van der Waals surface area contributed by atoms with Crippen LogP contribution in [-0.2, 0) is 6.67 Å². The molecule has 1 aromatic heterocycles. The van der Waals surface area contributed by atoms with Gasteiger partial charge < -0.3 is 4.42 Å². The first kappa shape index (κ1) is 14.5. The average molecular weight is 303 g/mol. The topological polar surface area (TPSA) is 34.2 Å². The van der Waals surface area contributed by atoms with Crippen molar-refractivity contribution in [3.05, 3.63) is 34.7 Å². The summed E-state index contributed by atoms with van der Waals surface area (Å²) in [5, 5.41) is 4.56. The van der Waals surface area contributed by atoms with Gasteiger partial charge in [0.2, 0.25) is 5.89 Å². The molecule has 0 amide bonds. The Balaban J connectivity index is 1.80. The van der Waals surface area contributed by atoms with Crippen molar-refractivity contribution in [2.45, 2.75) is 33.4 Å². The highest BCUT2D eigenvalue weighted by molar-refractivity contribution is 7.71. The van der Waals surface area contributed by atoms with Crippen molar-refractivity contribution in [3.8, 4) is 11.5 Å². The molecule has 1 aromatic carbocycles. The Hall–Kier alpha value is -1.46. The Kier molecular flexibility index (Phi) is 4.22. The Bertz CT molecular complexity index is 672. The first-order valence-electron chi connectivity index (χ1n) is 7.53. The molecule has 21 heavy (non-hydrogen) atoms. The average Bonchev–Trinajstić information content (AvgIpc) is 3.22. The van der Waals surface area contributed by atoms with Crippen LogP contribution in [0.15, 0.2) is 28.7 Å². The molecule has 0 saturated heterocycles. The Morgan fingerprint density at radius 2 is 2.14 bits per heavy atom. The fourth-order valence-electron chi connectivity index (χ4n) is 2.46. The normalized spacial score (nSPS) is 14.8. The van der Waals surface area contributed by atoms with Crippen molar-refractivity contribution in [1.29, 1.82) is 0 Å². The Morgan fingerprint density at radius 3 is 2.81 bits per heavy atom. The lowest BCUT2D eigenvalue weighted by Gasteiger charge is -2.19. The zero-order valence-corrected chi connectivity index (χ0v) is 13.4. The van der Waals surface area contributed by atoms with Crippen molar-refractivity contribution in [1.82, 2.24) is 14.7 Å². The molecule has 1 fully saturated rings. The maximum atomic E-state index is 5.69. The second-order valence-corrected chi connectivity index (χ2v) is 6.09. The summed E-state index contributed by atoms with van der Waals surface area (Å²) in [4.78, 5) is 2.82. The van der Waals surface area contributed by atoms with Gasteiger partial charge in [0, 0.05) is 12.1 Å². The smallest absolute Gasteiger partial charge is 0.288 e. The first-order chi connectivity index (χ1) is 10.2. The van der Waals surface area contributed by atoms with Gasteiger partial charge in [-0.05, 0) is 56.1 Å². The van der Waals surface area contributed by atoms with Crippen molar-refractivity contribution in [2.75, 3.05) is 13.1 Å². The van der Waals surface area contributed by atoms with Gasteiger partial charge in [-0.1, -0.05) is 25.1 Å². The summed E-state index contributed by atoms with van der Waals surface area (Å²) in [5.41, 5.74) is 2.15. The van der Waals surface area contributed by atoms with Gasteiger partial charge in [-0.15, -0.1) is 5.10 Å². The highest BCUT2D eigenvalue weighted by atomic mass is 32.1. The number of rotatable bonds is 6. The van der Waals surface area contributed by atoms with Crippen LogP contribution in [0.1, 0.15) is 25.3 Å². The molecule has 3 rings (SSSR count). The van der Waals surface area contributed by atoms with E-state index >= 15 is 0 Å². The molecule has 0 N–H and O–H groups in total. The quantitative estimate of drug-likeness (QED) is 0.759. The molecule has 1 aliphatic carbocycles. The third kappa shape index (κ3) is 3.41. The summed E-state index contributed by atoms with van der Waals surface area (Å²) in [6.45, 7) is 7.07. The van der Waals surface area contributed by atoms with E-state index in [1.165, 1.54) is 12.8 Å². The van der Waals surface area contributed by atoms with E-state index in [-0.39, 0.29) is 0 Å².